The van der Waals surface area contributed by atoms with Gasteiger partial charge in [0.15, 0.2) is 0 Å². The first-order valence-corrected chi connectivity index (χ1v) is 13.7. The van der Waals surface area contributed by atoms with E-state index in [0.29, 0.717) is 19.5 Å². The van der Waals surface area contributed by atoms with Crippen molar-refractivity contribution in [3.63, 3.8) is 0 Å². The number of nitrogens with one attached hydrogen (secondary N) is 2. The quantitative estimate of drug-likeness (QED) is 0.496. The maximum atomic E-state index is 12.9. The first-order valence-electron chi connectivity index (χ1n) is 10.7. The van der Waals surface area contributed by atoms with Crippen molar-refractivity contribution in [2.24, 2.45) is 5.92 Å². The van der Waals surface area contributed by atoms with Crippen molar-refractivity contribution in [2.75, 3.05) is 26.2 Å². The van der Waals surface area contributed by atoms with Crippen molar-refractivity contribution < 1.29 is 21.6 Å². The number of carbonyl (C=O) groups excluding carboxylic acids is 1. The van der Waals surface area contributed by atoms with Gasteiger partial charge < -0.3 is 5.32 Å². The fraction of sp³-hybridized carbons (Fsp3) is 0.348. The fourth-order valence-corrected chi connectivity index (χ4v) is 5.76. The second-order valence-corrected chi connectivity index (χ2v) is 11.6. The second kappa shape index (κ2) is 11.1. The minimum atomic E-state index is -3.69. The van der Waals surface area contributed by atoms with Gasteiger partial charge in [0.1, 0.15) is 0 Å². The van der Waals surface area contributed by atoms with Gasteiger partial charge in [-0.1, -0.05) is 49.0 Å². The Balaban J connectivity index is 1.50. The smallest absolute Gasteiger partial charge is 0.243 e. The Kier molecular flexibility index (Phi) is 8.41. The summed E-state index contributed by atoms with van der Waals surface area (Å²) in [6.07, 6.45) is 1.49. The summed E-state index contributed by atoms with van der Waals surface area (Å²) in [4.78, 5) is 12.3. The molecule has 2 N–H and O–H groups in total. The van der Waals surface area contributed by atoms with E-state index in [0.717, 1.165) is 23.0 Å². The molecule has 1 fully saturated rings. The van der Waals surface area contributed by atoms with Gasteiger partial charge >= 0.3 is 0 Å². The van der Waals surface area contributed by atoms with Gasteiger partial charge in [-0.05, 0) is 42.0 Å². The predicted octanol–water partition coefficient (Wildman–Crippen LogP) is 1.66. The van der Waals surface area contributed by atoms with E-state index in [4.69, 9.17) is 0 Å². The van der Waals surface area contributed by atoms with Gasteiger partial charge in [0.05, 0.1) is 11.3 Å². The minimum absolute atomic E-state index is 0.103. The van der Waals surface area contributed by atoms with Crippen molar-refractivity contribution >= 4 is 26.0 Å². The third kappa shape index (κ3) is 7.23. The Morgan fingerprint density at radius 1 is 1.03 bits per heavy atom. The van der Waals surface area contributed by atoms with Gasteiger partial charge in [-0.3, -0.25) is 4.79 Å². The van der Waals surface area contributed by atoms with Crippen LogP contribution in [-0.2, 0) is 37.7 Å². The molecule has 0 bridgehead atoms. The second-order valence-electron chi connectivity index (χ2n) is 7.98. The SMILES string of the molecule is C=CS(=O)(=O)NC[C@H]1CCN(S(=O)(=O)c2ccc(CC(=O)NCCc3ccccc3)cc2)C1. The molecule has 0 unspecified atom stereocenters. The molecule has 2 aromatic rings. The zero-order valence-electron chi connectivity index (χ0n) is 18.3. The topological polar surface area (TPSA) is 113 Å². The minimum Gasteiger partial charge on any atom is -0.355 e. The molecular weight excluding hydrogens is 462 g/mol. The van der Waals surface area contributed by atoms with Crippen molar-refractivity contribution in [3.05, 3.63) is 77.7 Å². The molecule has 10 heteroatoms. The van der Waals surface area contributed by atoms with E-state index in [1.807, 2.05) is 30.3 Å². The van der Waals surface area contributed by atoms with Gasteiger partial charge in [-0.25, -0.2) is 21.6 Å². The van der Waals surface area contributed by atoms with Crippen LogP contribution < -0.4 is 10.0 Å². The van der Waals surface area contributed by atoms with E-state index < -0.39 is 20.0 Å². The molecular formula is C23H29N3O5S2. The Labute approximate surface area is 195 Å². The summed E-state index contributed by atoms with van der Waals surface area (Å²) in [5, 5.41) is 3.72. The highest BCUT2D eigenvalue weighted by Crippen LogP contribution is 2.24. The molecule has 1 amide bonds. The lowest BCUT2D eigenvalue weighted by atomic mass is 10.1. The first-order chi connectivity index (χ1) is 15.7. The van der Waals surface area contributed by atoms with Crippen LogP contribution in [0.25, 0.3) is 0 Å². The third-order valence-electron chi connectivity index (χ3n) is 5.55. The van der Waals surface area contributed by atoms with Gasteiger partial charge in [0, 0.05) is 31.6 Å². The van der Waals surface area contributed by atoms with Crippen molar-refractivity contribution in [1.29, 1.82) is 0 Å². The largest absolute Gasteiger partial charge is 0.355 e. The Morgan fingerprint density at radius 2 is 1.73 bits per heavy atom. The van der Waals surface area contributed by atoms with Gasteiger partial charge in [-0.2, -0.15) is 4.31 Å². The average Bonchev–Trinajstić information content (AvgIpc) is 3.29. The van der Waals surface area contributed by atoms with Gasteiger partial charge in [-0.15, -0.1) is 0 Å². The first kappa shape index (κ1) is 25.1. The summed E-state index contributed by atoms with van der Waals surface area (Å²) in [7, 11) is -7.22. The van der Waals surface area contributed by atoms with Crippen molar-refractivity contribution in [1.82, 2.24) is 14.3 Å². The van der Waals surface area contributed by atoms with Crippen LogP contribution in [-0.4, -0.2) is 53.2 Å². The molecule has 3 rings (SSSR count). The molecule has 0 spiro atoms. The Morgan fingerprint density at radius 3 is 2.39 bits per heavy atom. The summed E-state index contributed by atoms with van der Waals surface area (Å²) >= 11 is 0. The molecule has 0 saturated carbocycles. The molecule has 1 heterocycles. The summed E-state index contributed by atoms with van der Waals surface area (Å²) in [6.45, 7) is 4.51. The lowest BCUT2D eigenvalue weighted by Crippen LogP contribution is -2.32. The monoisotopic (exact) mass is 491 g/mol. The van der Waals surface area contributed by atoms with E-state index in [9.17, 15) is 21.6 Å². The summed E-state index contributed by atoms with van der Waals surface area (Å²) in [5.41, 5.74) is 1.87. The van der Waals surface area contributed by atoms with Crippen molar-refractivity contribution in [2.45, 2.75) is 24.2 Å². The summed E-state index contributed by atoms with van der Waals surface area (Å²) < 4.78 is 52.6. The van der Waals surface area contributed by atoms with E-state index in [1.165, 1.54) is 16.4 Å². The van der Waals surface area contributed by atoms with Crippen LogP contribution in [0.3, 0.4) is 0 Å². The Bertz CT molecular complexity index is 1160. The summed E-state index contributed by atoms with van der Waals surface area (Å²) in [6, 6.07) is 16.2. The zero-order chi connectivity index (χ0) is 23.9. The fourth-order valence-electron chi connectivity index (χ4n) is 3.64. The van der Waals surface area contributed by atoms with Crippen LogP contribution in [0.5, 0.6) is 0 Å². The molecule has 0 aliphatic carbocycles. The highest BCUT2D eigenvalue weighted by atomic mass is 32.2. The maximum absolute atomic E-state index is 12.9. The number of hydrogen-bond acceptors (Lipinski definition) is 5. The van der Waals surface area contributed by atoms with E-state index in [1.54, 1.807) is 12.1 Å². The predicted molar refractivity (Wildman–Crippen MR) is 127 cm³/mol. The number of benzene rings is 2. The van der Waals surface area contributed by atoms with Gasteiger partial charge in [0.25, 0.3) is 0 Å². The number of carbonyl (C=O) groups is 1. The molecule has 1 aliphatic heterocycles. The lowest BCUT2D eigenvalue weighted by Gasteiger charge is -2.17. The molecule has 1 saturated heterocycles. The van der Waals surface area contributed by atoms with Crippen LogP contribution in [0.4, 0.5) is 0 Å². The zero-order valence-corrected chi connectivity index (χ0v) is 19.9. The molecule has 0 aromatic heterocycles. The number of sulfonamides is 2. The van der Waals surface area contributed by atoms with Crippen LogP contribution in [0.15, 0.2) is 71.5 Å². The molecule has 8 nitrogen and oxygen atoms in total. The molecule has 178 valence electrons. The molecule has 33 heavy (non-hydrogen) atoms. The van der Waals surface area contributed by atoms with Crippen LogP contribution in [0.2, 0.25) is 0 Å². The molecule has 1 aliphatic rings. The highest BCUT2D eigenvalue weighted by molar-refractivity contribution is 7.92. The molecule has 2 aromatic carbocycles. The lowest BCUT2D eigenvalue weighted by molar-refractivity contribution is -0.120. The summed E-state index contributed by atoms with van der Waals surface area (Å²) in [5.74, 6) is -0.223. The Hall–Kier alpha value is -2.53. The standard InChI is InChI=1S/C23H29N3O5S2/c1-2-32(28,29)25-17-21-13-15-26(18-21)33(30,31)22-10-8-20(9-11-22)16-23(27)24-14-12-19-6-4-3-5-7-19/h2-11,21,25H,1,12-18H2,(H,24,27)/t21-/m1/s1. The number of amides is 1. The number of rotatable bonds is 11. The van der Waals surface area contributed by atoms with Crippen LogP contribution in [0, 0.1) is 5.92 Å². The normalized spacial score (nSPS) is 17.0. The number of hydrogen-bond donors (Lipinski definition) is 2. The molecule has 1 atom stereocenters. The third-order valence-corrected chi connectivity index (χ3v) is 8.43. The number of nitrogens with zero attached hydrogens (tertiary/aromatic N) is 1. The van der Waals surface area contributed by atoms with Crippen LogP contribution in [0.1, 0.15) is 17.5 Å². The van der Waals surface area contributed by atoms with E-state index in [2.05, 4.69) is 16.6 Å². The maximum Gasteiger partial charge on any atom is 0.243 e. The highest BCUT2D eigenvalue weighted by Gasteiger charge is 2.32. The van der Waals surface area contributed by atoms with E-state index >= 15 is 0 Å². The average molecular weight is 492 g/mol. The van der Waals surface area contributed by atoms with Gasteiger partial charge in [0.2, 0.25) is 26.0 Å². The van der Waals surface area contributed by atoms with E-state index in [-0.39, 0.29) is 36.2 Å². The van der Waals surface area contributed by atoms with Crippen molar-refractivity contribution in [3.8, 4) is 0 Å². The molecule has 0 radical (unpaired) electrons. The van der Waals surface area contributed by atoms with Crippen LogP contribution >= 0.6 is 0 Å².